The molecule has 3 rings (SSSR count). The summed E-state index contributed by atoms with van der Waals surface area (Å²) in [5, 5.41) is 0. The van der Waals surface area contributed by atoms with Crippen LogP contribution in [-0.4, -0.2) is 41.4 Å². The summed E-state index contributed by atoms with van der Waals surface area (Å²) < 4.78 is 13.5. The van der Waals surface area contributed by atoms with Gasteiger partial charge in [-0.2, -0.15) is 0 Å². The maximum absolute atomic E-state index is 13.5. The normalized spacial score (nSPS) is 20.0. The Morgan fingerprint density at radius 3 is 2.38 bits per heavy atom. The quantitative estimate of drug-likeness (QED) is 0.611. The van der Waals surface area contributed by atoms with Gasteiger partial charge in [-0.15, -0.1) is 11.3 Å². The Hall–Kier alpha value is -1.72. The average Bonchev–Trinajstić information content (AvgIpc) is 3.25. The zero-order valence-corrected chi connectivity index (χ0v) is 19.0. The van der Waals surface area contributed by atoms with Crippen LogP contribution in [0.4, 0.5) is 4.39 Å². The third-order valence-electron chi connectivity index (χ3n) is 5.82. The lowest BCUT2D eigenvalue weighted by Gasteiger charge is -2.33. The van der Waals surface area contributed by atoms with Crippen LogP contribution in [0.3, 0.4) is 0 Å². The predicted octanol–water partition coefficient (Wildman–Crippen LogP) is 5.30. The van der Waals surface area contributed by atoms with Crippen LogP contribution in [0.25, 0.3) is 0 Å². The number of likely N-dealkylation sites (tertiary alicyclic amines) is 1. The lowest BCUT2D eigenvalue weighted by atomic mass is 9.88. The number of hydrogen-bond acceptors (Lipinski definition) is 3. The number of amides is 1. The maximum atomic E-state index is 13.5. The van der Waals surface area contributed by atoms with E-state index in [-0.39, 0.29) is 23.7 Å². The van der Waals surface area contributed by atoms with Gasteiger partial charge in [0.05, 0.1) is 0 Å². The van der Waals surface area contributed by atoms with E-state index in [0.717, 1.165) is 26.2 Å². The Morgan fingerprint density at radius 2 is 1.83 bits per heavy atom. The van der Waals surface area contributed by atoms with Crippen molar-refractivity contribution in [2.45, 2.75) is 53.1 Å². The van der Waals surface area contributed by atoms with Crippen LogP contribution >= 0.6 is 11.3 Å². The fourth-order valence-electron chi connectivity index (χ4n) is 4.29. The van der Waals surface area contributed by atoms with Crippen molar-refractivity contribution in [2.24, 2.45) is 11.8 Å². The summed E-state index contributed by atoms with van der Waals surface area (Å²) in [6.07, 6.45) is 0. The largest absolute Gasteiger partial charge is 0.340 e. The molecule has 5 heteroatoms. The molecule has 1 fully saturated rings. The van der Waals surface area contributed by atoms with E-state index >= 15 is 0 Å². The third kappa shape index (κ3) is 5.46. The standard InChI is InChI=1S/C24H33FN2OS/c1-16(2)24(28)27(17(3)4)13-20-12-26(14-22-11-6-18(5)29-22)15-23(20)19-7-9-21(25)10-8-19/h6-11,16-17,20,23H,12-15H2,1-5H3. The summed E-state index contributed by atoms with van der Waals surface area (Å²) in [5.74, 6) is 0.649. The number of carbonyl (C=O) groups excluding carboxylic acids is 1. The molecule has 1 amide bonds. The zero-order chi connectivity index (χ0) is 21.1. The number of thiophene rings is 1. The first-order chi connectivity index (χ1) is 13.7. The van der Waals surface area contributed by atoms with E-state index in [2.05, 4.69) is 37.8 Å². The van der Waals surface area contributed by atoms with Crippen LogP contribution in [0.2, 0.25) is 0 Å². The molecule has 2 aromatic rings. The Bertz CT molecular complexity index is 815. The summed E-state index contributed by atoms with van der Waals surface area (Å²) in [6, 6.07) is 11.5. The molecule has 1 aromatic heterocycles. The number of hydrogen-bond donors (Lipinski definition) is 0. The summed E-state index contributed by atoms with van der Waals surface area (Å²) in [7, 11) is 0. The van der Waals surface area contributed by atoms with E-state index in [1.807, 2.05) is 42.2 Å². The van der Waals surface area contributed by atoms with Gasteiger partial charge in [0.15, 0.2) is 0 Å². The fraction of sp³-hybridized carbons (Fsp3) is 0.542. The number of aryl methyl sites for hydroxylation is 1. The van der Waals surface area contributed by atoms with E-state index in [4.69, 9.17) is 0 Å². The maximum Gasteiger partial charge on any atom is 0.225 e. The van der Waals surface area contributed by atoms with E-state index in [0.29, 0.717) is 11.8 Å². The minimum Gasteiger partial charge on any atom is -0.340 e. The molecule has 1 saturated heterocycles. The number of halogens is 1. The molecule has 29 heavy (non-hydrogen) atoms. The first kappa shape index (κ1) is 22.0. The molecule has 0 aliphatic carbocycles. The Morgan fingerprint density at radius 1 is 1.14 bits per heavy atom. The number of carbonyl (C=O) groups is 1. The van der Waals surface area contributed by atoms with Crippen molar-refractivity contribution in [3.8, 4) is 0 Å². The molecule has 0 radical (unpaired) electrons. The van der Waals surface area contributed by atoms with Crippen molar-refractivity contribution in [3.63, 3.8) is 0 Å². The van der Waals surface area contributed by atoms with Gasteiger partial charge in [-0.25, -0.2) is 4.39 Å². The third-order valence-corrected chi connectivity index (χ3v) is 6.81. The van der Waals surface area contributed by atoms with Gasteiger partial charge in [0.1, 0.15) is 5.82 Å². The van der Waals surface area contributed by atoms with Crippen LogP contribution in [0.1, 0.15) is 48.9 Å². The van der Waals surface area contributed by atoms with E-state index in [9.17, 15) is 9.18 Å². The van der Waals surface area contributed by atoms with Gasteiger partial charge in [-0.05, 0) is 56.5 Å². The summed E-state index contributed by atoms with van der Waals surface area (Å²) in [4.78, 5) is 20.0. The first-order valence-electron chi connectivity index (χ1n) is 10.6. The van der Waals surface area contributed by atoms with Crippen molar-refractivity contribution >= 4 is 17.2 Å². The minimum atomic E-state index is -0.201. The molecule has 3 nitrogen and oxygen atoms in total. The fourth-order valence-corrected chi connectivity index (χ4v) is 5.23. The molecule has 2 unspecified atom stereocenters. The molecule has 1 aliphatic heterocycles. The van der Waals surface area contributed by atoms with Crippen molar-refractivity contribution in [2.75, 3.05) is 19.6 Å². The molecular weight excluding hydrogens is 383 g/mol. The van der Waals surface area contributed by atoms with Crippen LogP contribution < -0.4 is 0 Å². The smallest absolute Gasteiger partial charge is 0.225 e. The highest BCUT2D eigenvalue weighted by Crippen LogP contribution is 2.35. The lowest BCUT2D eigenvalue weighted by Crippen LogP contribution is -2.43. The van der Waals surface area contributed by atoms with Gasteiger partial charge < -0.3 is 4.90 Å². The van der Waals surface area contributed by atoms with Crippen LogP contribution in [0, 0.1) is 24.6 Å². The Kier molecular flexibility index (Phi) is 7.12. The SMILES string of the molecule is Cc1ccc(CN2CC(CN(C(=O)C(C)C)C(C)C)C(c3ccc(F)cc3)C2)s1. The van der Waals surface area contributed by atoms with Crippen LogP contribution in [0.15, 0.2) is 36.4 Å². The second-order valence-electron chi connectivity index (χ2n) is 8.86. The molecule has 2 atom stereocenters. The molecule has 1 aromatic carbocycles. The van der Waals surface area contributed by atoms with Crippen molar-refractivity contribution in [3.05, 3.63) is 57.5 Å². The molecule has 0 spiro atoms. The van der Waals surface area contributed by atoms with Crippen LogP contribution in [0.5, 0.6) is 0 Å². The molecule has 2 heterocycles. The highest BCUT2D eigenvalue weighted by molar-refractivity contribution is 7.11. The van der Waals surface area contributed by atoms with Gasteiger partial charge in [-0.1, -0.05) is 26.0 Å². The molecule has 1 aliphatic rings. The van der Waals surface area contributed by atoms with Gasteiger partial charge in [0.2, 0.25) is 5.91 Å². The zero-order valence-electron chi connectivity index (χ0n) is 18.2. The van der Waals surface area contributed by atoms with Gasteiger partial charge in [-0.3, -0.25) is 9.69 Å². The number of rotatable bonds is 7. The van der Waals surface area contributed by atoms with E-state index < -0.39 is 0 Å². The molecule has 0 saturated carbocycles. The molecule has 158 valence electrons. The topological polar surface area (TPSA) is 23.6 Å². The van der Waals surface area contributed by atoms with Gasteiger partial charge >= 0.3 is 0 Å². The second kappa shape index (κ2) is 9.40. The summed E-state index contributed by atoms with van der Waals surface area (Å²) in [5.41, 5.74) is 1.17. The summed E-state index contributed by atoms with van der Waals surface area (Å²) in [6.45, 7) is 13.8. The van der Waals surface area contributed by atoms with E-state index in [1.54, 1.807) is 12.1 Å². The Balaban J connectivity index is 1.81. The monoisotopic (exact) mass is 416 g/mol. The van der Waals surface area contributed by atoms with Gasteiger partial charge in [0, 0.05) is 53.8 Å². The lowest BCUT2D eigenvalue weighted by molar-refractivity contribution is -0.136. The Labute approximate surface area is 178 Å². The highest BCUT2D eigenvalue weighted by Gasteiger charge is 2.36. The predicted molar refractivity (Wildman–Crippen MR) is 119 cm³/mol. The minimum absolute atomic E-state index is 0.00623. The summed E-state index contributed by atoms with van der Waals surface area (Å²) >= 11 is 1.85. The van der Waals surface area contributed by atoms with Crippen molar-refractivity contribution in [1.29, 1.82) is 0 Å². The van der Waals surface area contributed by atoms with Crippen molar-refractivity contribution in [1.82, 2.24) is 9.80 Å². The molecule has 0 bridgehead atoms. The van der Waals surface area contributed by atoms with Crippen molar-refractivity contribution < 1.29 is 9.18 Å². The first-order valence-corrected chi connectivity index (χ1v) is 11.4. The van der Waals surface area contributed by atoms with Crippen LogP contribution in [-0.2, 0) is 11.3 Å². The molecule has 0 N–H and O–H groups in total. The highest BCUT2D eigenvalue weighted by atomic mass is 32.1. The molecular formula is C24H33FN2OS. The average molecular weight is 417 g/mol. The van der Waals surface area contributed by atoms with E-state index in [1.165, 1.54) is 15.3 Å². The second-order valence-corrected chi connectivity index (χ2v) is 10.2. The number of nitrogens with zero attached hydrogens (tertiary/aromatic N) is 2. The van der Waals surface area contributed by atoms with Gasteiger partial charge in [0.25, 0.3) is 0 Å². The number of benzene rings is 1.